The van der Waals surface area contributed by atoms with Crippen LogP contribution in [0.3, 0.4) is 0 Å². The van der Waals surface area contributed by atoms with Crippen LogP contribution in [0.5, 0.6) is 5.75 Å². The first-order valence-electron chi connectivity index (χ1n) is 12.2. The fourth-order valence-electron chi connectivity index (χ4n) is 4.23. The third kappa shape index (κ3) is 5.55. The van der Waals surface area contributed by atoms with Crippen LogP contribution in [0.1, 0.15) is 37.0 Å². The smallest absolute Gasteiger partial charge is 0.258 e. The van der Waals surface area contributed by atoms with Gasteiger partial charge in [0.05, 0.1) is 29.7 Å². The minimum atomic E-state index is -3.74. The van der Waals surface area contributed by atoms with Gasteiger partial charge < -0.3 is 20.1 Å². The molecule has 3 atom stereocenters. The summed E-state index contributed by atoms with van der Waals surface area (Å²) in [4.78, 5) is 27.5. The minimum Gasteiger partial charge on any atom is -0.488 e. The summed E-state index contributed by atoms with van der Waals surface area (Å²) >= 11 is 0. The zero-order chi connectivity index (χ0) is 26.0. The Morgan fingerprint density at radius 1 is 1.22 bits per heavy atom. The summed E-state index contributed by atoms with van der Waals surface area (Å²) in [6.45, 7) is 3.76. The molecule has 1 saturated carbocycles. The molecule has 0 aromatic heterocycles. The van der Waals surface area contributed by atoms with E-state index in [1.807, 2.05) is 6.92 Å². The summed E-state index contributed by atoms with van der Waals surface area (Å²) < 4.78 is 33.8. The number of benzene rings is 2. The van der Waals surface area contributed by atoms with Gasteiger partial charge in [0.1, 0.15) is 11.9 Å². The molecule has 2 N–H and O–H groups in total. The second kappa shape index (κ2) is 10.6. The Balaban J connectivity index is 1.65. The molecule has 0 spiro atoms. The van der Waals surface area contributed by atoms with E-state index in [1.165, 1.54) is 11.4 Å². The number of aliphatic hydroxyl groups excluding tert-OH is 1. The summed E-state index contributed by atoms with van der Waals surface area (Å²) in [6, 6.07) is 12.6. The Bertz CT molecular complexity index is 1220. The summed E-state index contributed by atoms with van der Waals surface area (Å²) in [7, 11) is -2.23. The molecule has 2 aromatic carbocycles. The second-order valence-electron chi connectivity index (χ2n) is 9.70. The van der Waals surface area contributed by atoms with Crippen LogP contribution in [-0.4, -0.2) is 73.4 Å². The number of sulfonamides is 1. The van der Waals surface area contributed by atoms with Gasteiger partial charge in [-0.3, -0.25) is 9.59 Å². The summed E-state index contributed by atoms with van der Waals surface area (Å²) in [5, 5.41) is 12.7. The van der Waals surface area contributed by atoms with Crippen molar-refractivity contribution in [1.29, 1.82) is 0 Å². The molecule has 36 heavy (non-hydrogen) atoms. The first kappa shape index (κ1) is 26.1. The molecule has 9 nitrogen and oxygen atoms in total. The number of amides is 2. The first-order valence-corrected chi connectivity index (χ1v) is 13.6. The van der Waals surface area contributed by atoms with Gasteiger partial charge >= 0.3 is 0 Å². The van der Waals surface area contributed by atoms with Crippen molar-refractivity contribution in [3.8, 4) is 5.75 Å². The molecule has 10 heteroatoms. The molecule has 4 rings (SSSR count). The lowest BCUT2D eigenvalue weighted by Crippen LogP contribution is -2.50. The van der Waals surface area contributed by atoms with Crippen LogP contribution < -0.4 is 10.1 Å². The molecular weight excluding hydrogens is 482 g/mol. The highest BCUT2D eigenvalue weighted by Gasteiger charge is 2.36. The zero-order valence-electron chi connectivity index (χ0n) is 20.8. The molecule has 2 aliphatic rings. The van der Waals surface area contributed by atoms with Crippen LogP contribution in [-0.2, 0) is 14.8 Å². The van der Waals surface area contributed by atoms with E-state index >= 15 is 0 Å². The average Bonchev–Trinajstić information content (AvgIpc) is 3.72. The highest BCUT2D eigenvalue weighted by Crippen LogP contribution is 2.33. The third-order valence-electron chi connectivity index (χ3n) is 6.77. The van der Waals surface area contributed by atoms with E-state index in [0.29, 0.717) is 11.4 Å². The van der Waals surface area contributed by atoms with Gasteiger partial charge in [-0.2, -0.15) is 4.31 Å². The number of nitrogens with zero attached hydrogens (tertiary/aromatic N) is 2. The van der Waals surface area contributed by atoms with Crippen molar-refractivity contribution >= 4 is 27.5 Å². The van der Waals surface area contributed by atoms with Crippen molar-refractivity contribution in [1.82, 2.24) is 9.21 Å². The molecular formula is C26H33N3O6S. The highest BCUT2D eigenvalue weighted by atomic mass is 32.2. The molecule has 0 radical (unpaired) electrons. The summed E-state index contributed by atoms with van der Waals surface area (Å²) in [6.07, 6.45) is 1.15. The number of likely N-dealkylation sites (N-methyl/N-ethyl adjacent to an activating group) is 1. The predicted molar refractivity (Wildman–Crippen MR) is 135 cm³/mol. The van der Waals surface area contributed by atoms with Gasteiger partial charge in [0.2, 0.25) is 15.9 Å². The molecule has 1 aliphatic heterocycles. The van der Waals surface area contributed by atoms with Crippen LogP contribution in [0.4, 0.5) is 5.69 Å². The SMILES string of the molecule is C[C@H]1CN([C@@H](C)CO)C(=O)c2cc(NC(=O)C3CC3)ccc2O[C@H]1CN(C)S(=O)(=O)c1ccccc1. The Labute approximate surface area is 212 Å². The standard InChI is InChI=1S/C26H33N3O6S/c1-17-14-29(18(2)16-30)26(32)22-13-20(27-25(31)19-9-10-19)11-12-23(22)35-24(17)15-28(3)36(33,34)21-7-5-4-6-8-21/h4-8,11-13,17-19,24,30H,9-10,14-16H2,1-3H3,(H,27,31)/t17-,18-,24-/m0/s1. The average molecular weight is 516 g/mol. The fourth-order valence-corrected chi connectivity index (χ4v) is 5.44. The van der Waals surface area contributed by atoms with E-state index in [9.17, 15) is 23.1 Å². The molecule has 1 heterocycles. The van der Waals surface area contributed by atoms with Crippen molar-refractivity contribution in [3.63, 3.8) is 0 Å². The zero-order valence-corrected chi connectivity index (χ0v) is 21.6. The van der Waals surface area contributed by atoms with Crippen molar-refractivity contribution in [2.75, 3.05) is 32.1 Å². The number of anilines is 1. The normalized spacial score (nSPS) is 21.2. The maximum absolute atomic E-state index is 13.5. The van der Waals surface area contributed by atoms with Gasteiger partial charge in [0, 0.05) is 31.1 Å². The maximum atomic E-state index is 13.5. The number of ether oxygens (including phenoxy) is 1. The minimum absolute atomic E-state index is 0.0113. The van der Waals surface area contributed by atoms with Crippen LogP contribution in [0.15, 0.2) is 53.4 Å². The van der Waals surface area contributed by atoms with Crippen molar-refractivity contribution < 1.29 is 27.9 Å². The van der Waals surface area contributed by atoms with E-state index in [0.717, 1.165) is 12.8 Å². The second-order valence-corrected chi connectivity index (χ2v) is 11.7. The van der Waals surface area contributed by atoms with Gasteiger partial charge in [0.25, 0.3) is 5.91 Å². The monoisotopic (exact) mass is 515 g/mol. The quantitative estimate of drug-likeness (QED) is 0.558. The lowest BCUT2D eigenvalue weighted by molar-refractivity contribution is -0.117. The van der Waals surface area contributed by atoms with Gasteiger partial charge in [-0.05, 0) is 50.1 Å². The Kier molecular flexibility index (Phi) is 7.67. The van der Waals surface area contributed by atoms with Gasteiger partial charge in [0.15, 0.2) is 0 Å². The number of rotatable bonds is 8. The molecule has 1 fully saturated rings. The molecule has 2 amide bonds. The molecule has 194 valence electrons. The predicted octanol–water partition coefficient (Wildman–Crippen LogP) is 2.58. The van der Waals surface area contributed by atoms with E-state index in [-0.39, 0.29) is 53.8 Å². The van der Waals surface area contributed by atoms with E-state index < -0.39 is 22.2 Å². The topological polar surface area (TPSA) is 116 Å². The van der Waals surface area contributed by atoms with Crippen LogP contribution in [0.25, 0.3) is 0 Å². The maximum Gasteiger partial charge on any atom is 0.258 e. The number of fused-ring (bicyclic) bond motifs is 1. The number of hydrogen-bond donors (Lipinski definition) is 2. The van der Waals surface area contributed by atoms with E-state index in [4.69, 9.17) is 4.74 Å². The molecule has 1 aliphatic carbocycles. The molecule has 0 unspecified atom stereocenters. The van der Waals surface area contributed by atoms with Crippen LogP contribution >= 0.6 is 0 Å². The highest BCUT2D eigenvalue weighted by molar-refractivity contribution is 7.89. The first-order chi connectivity index (χ1) is 17.1. The van der Waals surface area contributed by atoms with Crippen molar-refractivity contribution in [2.45, 2.75) is 43.7 Å². The van der Waals surface area contributed by atoms with E-state index in [2.05, 4.69) is 5.32 Å². The Morgan fingerprint density at radius 3 is 2.56 bits per heavy atom. The number of hydrogen-bond acceptors (Lipinski definition) is 6. The largest absolute Gasteiger partial charge is 0.488 e. The number of nitrogens with one attached hydrogen (secondary N) is 1. The van der Waals surface area contributed by atoms with Crippen molar-refractivity contribution in [3.05, 3.63) is 54.1 Å². The molecule has 0 saturated heterocycles. The van der Waals surface area contributed by atoms with Gasteiger partial charge in [-0.1, -0.05) is 25.1 Å². The van der Waals surface area contributed by atoms with Crippen LogP contribution in [0, 0.1) is 11.8 Å². The molecule has 2 aromatic rings. The van der Waals surface area contributed by atoms with E-state index in [1.54, 1.807) is 60.4 Å². The Morgan fingerprint density at radius 2 is 1.92 bits per heavy atom. The summed E-state index contributed by atoms with van der Waals surface area (Å²) in [5.41, 5.74) is 0.752. The lowest BCUT2D eigenvalue weighted by Gasteiger charge is -2.38. The number of aliphatic hydroxyl groups is 1. The number of carbonyl (C=O) groups excluding carboxylic acids is 2. The lowest BCUT2D eigenvalue weighted by atomic mass is 9.99. The van der Waals surface area contributed by atoms with Gasteiger partial charge in [-0.15, -0.1) is 0 Å². The Hall–Kier alpha value is -2.95. The van der Waals surface area contributed by atoms with Crippen LogP contribution in [0.2, 0.25) is 0 Å². The van der Waals surface area contributed by atoms with Gasteiger partial charge in [-0.25, -0.2) is 8.42 Å². The third-order valence-corrected chi connectivity index (χ3v) is 8.61. The summed E-state index contributed by atoms with van der Waals surface area (Å²) in [5.74, 6) is -0.309. The fraction of sp³-hybridized carbons (Fsp3) is 0.462. The molecule has 0 bridgehead atoms. The number of carbonyl (C=O) groups is 2. The van der Waals surface area contributed by atoms with Crippen molar-refractivity contribution in [2.24, 2.45) is 11.8 Å².